The lowest BCUT2D eigenvalue weighted by Crippen LogP contribution is -2.40. The Balaban J connectivity index is 1.65. The summed E-state index contributed by atoms with van der Waals surface area (Å²) >= 11 is 0. The molecule has 2 aromatic rings. The van der Waals surface area contributed by atoms with Gasteiger partial charge in [-0.2, -0.15) is 12.7 Å². The van der Waals surface area contributed by atoms with Gasteiger partial charge in [0.05, 0.1) is 18.7 Å². The van der Waals surface area contributed by atoms with Gasteiger partial charge in [0, 0.05) is 12.1 Å². The summed E-state index contributed by atoms with van der Waals surface area (Å²) in [5, 5.41) is 0. The second kappa shape index (κ2) is 6.71. The fourth-order valence-electron chi connectivity index (χ4n) is 3.26. The number of methoxy groups -OCH3 is 1. The van der Waals surface area contributed by atoms with Crippen molar-refractivity contribution in [3.63, 3.8) is 0 Å². The van der Waals surface area contributed by atoms with Gasteiger partial charge in [-0.05, 0) is 11.6 Å². The van der Waals surface area contributed by atoms with Crippen LogP contribution in [0.25, 0.3) is 0 Å². The minimum Gasteiger partial charge on any atom is -0.493 e. The largest absolute Gasteiger partial charge is 0.493 e. The minimum absolute atomic E-state index is 0.0411. The average molecular weight is 387 g/mol. The van der Waals surface area contributed by atoms with E-state index in [0.29, 0.717) is 11.3 Å². The first-order valence-corrected chi connectivity index (χ1v) is 9.67. The van der Waals surface area contributed by atoms with E-state index in [1.165, 1.54) is 7.11 Å². The quantitative estimate of drug-likeness (QED) is 0.749. The van der Waals surface area contributed by atoms with E-state index in [0.717, 1.165) is 9.87 Å². The molecule has 2 aliphatic heterocycles. The highest BCUT2D eigenvalue weighted by atomic mass is 32.2. The number of carbonyl (C=O) groups is 1. The molecule has 8 heteroatoms. The molecule has 0 fully saturated rings. The lowest BCUT2D eigenvalue weighted by Gasteiger charge is -2.32. The SMILES string of the molecule is COc1cccc2c1OS(=O)(=O)N1CC=C(C(=O)OCc3ccccc3)C21. The third-order valence-electron chi connectivity index (χ3n) is 4.52. The van der Waals surface area contributed by atoms with Gasteiger partial charge in [-0.3, -0.25) is 0 Å². The van der Waals surface area contributed by atoms with E-state index in [-0.39, 0.29) is 24.5 Å². The highest BCUT2D eigenvalue weighted by molar-refractivity contribution is 7.84. The summed E-state index contributed by atoms with van der Waals surface area (Å²) in [6.07, 6.45) is 1.56. The van der Waals surface area contributed by atoms with Crippen molar-refractivity contribution in [2.24, 2.45) is 0 Å². The summed E-state index contributed by atoms with van der Waals surface area (Å²) in [7, 11) is -2.62. The lowest BCUT2D eigenvalue weighted by molar-refractivity contribution is -0.140. The van der Waals surface area contributed by atoms with Crippen molar-refractivity contribution >= 4 is 16.3 Å². The predicted octanol–water partition coefficient (Wildman–Crippen LogP) is 2.36. The molecular weight excluding hydrogens is 370 g/mol. The van der Waals surface area contributed by atoms with Gasteiger partial charge in [0.25, 0.3) is 0 Å². The first-order valence-electron chi connectivity index (χ1n) is 8.30. The van der Waals surface area contributed by atoms with Gasteiger partial charge in [-0.15, -0.1) is 0 Å². The van der Waals surface area contributed by atoms with Crippen molar-refractivity contribution in [1.29, 1.82) is 0 Å². The molecule has 0 bridgehead atoms. The number of hydrogen-bond donors (Lipinski definition) is 0. The van der Waals surface area contributed by atoms with E-state index in [9.17, 15) is 13.2 Å². The molecule has 0 saturated carbocycles. The van der Waals surface area contributed by atoms with Crippen LogP contribution in [0.5, 0.6) is 11.5 Å². The van der Waals surface area contributed by atoms with Gasteiger partial charge in [0.15, 0.2) is 11.5 Å². The van der Waals surface area contributed by atoms with E-state index in [4.69, 9.17) is 13.7 Å². The Hall–Kier alpha value is -2.84. The summed E-state index contributed by atoms with van der Waals surface area (Å²) in [4.78, 5) is 12.7. The number of hydrogen-bond acceptors (Lipinski definition) is 6. The molecule has 0 aromatic heterocycles. The fourth-order valence-corrected chi connectivity index (χ4v) is 4.48. The Morgan fingerprint density at radius 2 is 1.96 bits per heavy atom. The van der Waals surface area contributed by atoms with Gasteiger partial charge < -0.3 is 13.7 Å². The van der Waals surface area contributed by atoms with Crippen LogP contribution in [0.3, 0.4) is 0 Å². The molecule has 0 spiro atoms. The Morgan fingerprint density at radius 3 is 2.70 bits per heavy atom. The number of esters is 1. The minimum atomic E-state index is -4.05. The van der Waals surface area contributed by atoms with Crippen LogP contribution in [0.15, 0.2) is 60.2 Å². The molecule has 140 valence electrons. The zero-order valence-electron chi connectivity index (χ0n) is 14.5. The molecule has 2 aromatic carbocycles. The molecule has 0 aliphatic carbocycles. The van der Waals surface area contributed by atoms with Crippen LogP contribution < -0.4 is 8.92 Å². The van der Waals surface area contributed by atoms with Crippen LogP contribution in [0.1, 0.15) is 17.2 Å². The Bertz CT molecular complexity index is 1020. The maximum atomic E-state index is 12.7. The molecule has 1 unspecified atom stereocenters. The van der Waals surface area contributed by atoms with Gasteiger partial charge in [-0.25, -0.2) is 4.79 Å². The van der Waals surface area contributed by atoms with Crippen molar-refractivity contribution < 1.29 is 26.9 Å². The molecule has 2 aliphatic rings. The predicted molar refractivity (Wildman–Crippen MR) is 96.3 cm³/mol. The number of rotatable bonds is 4. The van der Waals surface area contributed by atoms with Crippen LogP contribution in [0, 0.1) is 0 Å². The van der Waals surface area contributed by atoms with Crippen LogP contribution in [0.4, 0.5) is 0 Å². The monoisotopic (exact) mass is 387 g/mol. The van der Waals surface area contributed by atoms with E-state index >= 15 is 0 Å². The molecular formula is C19H17NO6S. The van der Waals surface area contributed by atoms with E-state index in [1.54, 1.807) is 24.3 Å². The van der Waals surface area contributed by atoms with Crippen molar-refractivity contribution in [2.75, 3.05) is 13.7 Å². The molecule has 27 heavy (non-hydrogen) atoms. The third-order valence-corrected chi connectivity index (χ3v) is 5.83. The van der Waals surface area contributed by atoms with Crippen molar-refractivity contribution in [2.45, 2.75) is 12.6 Å². The molecule has 1 atom stereocenters. The number of benzene rings is 2. The van der Waals surface area contributed by atoms with Gasteiger partial charge >= 0.3 is 16.3 Å². The smallest absolute Gasteiger partial charge is 0.386 e. The molecule has 0 N–H and O–H groups in total. The first-order chi connectivity index (χ1) is 13.0. The van der Waals surface area contributed by atoms with Crippen molar-refractivity contribution in [3.05, 3.63) is 71.3 Å². The molecule has 2 heterocycles. The van der Waals surface area contributed by atoms with Crippen molar-refractivity contribution in [3.8, 4) is 11.5 Å². The Kier molecular flexibility index (Phi) is 4.37. The molecule has 0 radical (unpaired) electrons. The van der Waals surface area contributed by atoms with Crippen LogP contribution in [-0.2, 0) is 26.4 Å². The van der Waals surface area contributed by atoms with E-state index in [2.05, 4.69) is 0 Å². The number of para-hydroxylation sites is 1. The zero-order chi connectivity index (χ0) is 19.0. The van der Waals surface area contributed by atoms with E-state index in [1.807, 2.05) is 30.3 Å². The molecule has 7 nitrogen and oxygen atoms in total. The number of ether oxygens (including phenoxy) is 2. The summed E-state index contributed by atoms with van der Waals surface area (Å²) in [5.74, 6) is -0.165. The Morgan fingerprint density at radius 1 is 1.19 bits per heavy atom. The first kappa shape index (κ1) is 17.6. The van der Waals surface area contributed by atoms with Crippen LogP contribution in [-0.4, -0.2) is 32.3 Å². The molecule has 0 amide bonds. The number of fused-ring (bicyclic) bond motifs is 3. The van der Waals surface area contributed by atoms with Gasteiger partial charge in [0.1, 0.15) is 6.61 Å². The topological polar surface area (TPSA) is 82.1 Å². The second-order valence-corrected chi connectivity index (χ2v) is 7.60. The van der Waals surface area contributed by atoms with Gasteiger partial charge in [-0.1, -0.05) is 48.5 Å². The number of nitrogens with zero attached hydrogens (tertiary/aromatic N) is 1. The summed E-state index contributed by atoms with van der Waals surface area (Å²) in [6.45, 7) is 0.150. The average Bonchev–Trinajstić information content (AvgIpc) is 3.13. The second-order valence-electron chi connectivity index (χ2n) is 6.11. The standard InChI is InChI=1S/C19H17NO6S/c1-24-16-9-5-8-14-17-15(10-11-20(17)27(22,23)26-18(14)16)19(21)25-12-13-6-3-2-4-7-13/h2-10,17H,11-12H2,1H3. The normalized spacial score (nSPS) is 20.0. The van der Waals surface area contributed by atoms with Crippen LogP contribution in [0.2, 0.25) is 0 Å². The molecule has 0 saturated heterocycles. The highest BCUT2D eigenvalue weighted by Gasteiger charge is 2.47. The van der Waals surface area contributed by atoms with Crippen molar-refractivity contribution in [1.82, 2.24) is 4.31 Å². The summed E-state index contributed by atoms with van der Waals surface area (Å²) in [6, 6.07) is 13.5. The summed E-state index contributed by atoms with van der Waals surface area (Å²) in [5.41, 5.74) is 1.67. The van der Waals surface area contributed by atoms with E-state index < -0.39 is 22.3 Å². The summed E-state index contributed by atoms with van der Waals surface area (Å²) < 4.78 is 42.0. The number of carbonyl (C=O) groups excluding carboxylic acids is 1. The lowest BCUT2D eigenvalue weighted by atomic mass is 9.99. The highest BCUT2D eigenvalue weighted by Crippen LogP contribution is 2.48. The third kappa shape index (κ3) is 3.07. The maximum Gasteiger partial charge on any atom is 0.386 e. The fraction of sp³-hybridized carbons (Fsp3) is 0.211. The van der Waals surface area contributed by atoms with Gasteiger partial charge in [0.2, 0.25) is 0 Å². The molecule has 4 rings (SSSR count). The zero-order valence-corrected chi connectivity index (χ0v) is 15.3. The Labute approximate surface area is 157 Å². The maximum absolute atomic E-state index is 12.7. The van der Waals surface area contributed by atoms with Crippen LogP contribution >= 0.6 is 0 Å².